The van der Waals surface area contributed by atoms with Gasteiger partial charge in [-0.05, 0) is 68.7 Å². The van der Waals surface area contributed by atoms with Crippen LogP contribution in [0.2, 0.25) is 0 Å². The van der Waals surface area contributed by atoms with Crippen molar-refractivity contribution in [1.29, 1.82) is 0 Å². The van der Waals surface area contributed by atoms with Crippen molar-refractivity contribution in [1.82, 2.24) is 20.8 Å². The van der Waals surface area contributed by atoms with Crippen LogP contribution in [0.25, 0.3) is 11.5 Å². The molecule has 2 amide bonds. The molecule has 6 rings (SSSR count). The molecule has 2 fully saturated rings. The van der Waals surface area contributed by atoms with Crippen molar-refractivity contribution in [2.45, 2.75) is 62.4 Å². The van der Waals surface area contributed by atoms with E-state index in [2.05, 4.69) is 26.1 Å². The van der Waals surface area contributed by atoms with Crippen LogP contribution in [0, 0.1) is 5.41 Å². The smallest absolute Gasteiger partial charge is 0.255 e. The summed E-state index contributed by atoms with van der Waals surface area (Å²) < 4.78 is 5.99. The summed E-state index contributed by atoms with van der Waals surface area (Å²) in [5, 5.41) is 18.2. The molecule has 9 heteroatoms. The maximum absolute atomic E-state index is 12.7. The minimum absolute atomic E-state index is 0.0760. The summed E-state index contributed by atoms with van der Waals surface area (Å²) in [6.45, 7) is 1.93. The van der Waals surface area contributed by atoms with Gasteiger partial charge in [0.05, 0.1) is 5.56 Å². The van der Waals surface area contributed by atoms with Crippen molar-refractivity contribution >= 4 is 29.3 Å². The lowest BCUT2D eigenvalue weighted by atomic mass is 9.79. The fourth-order valence-corrected chi connectivity index (χ4v) is 6.73. The van der Waals surface area contributed by atoms with E-state index in [-0.39, 0.29) is 29.2 Å². The number of carbonyl (C=O) groups is 2. The number of aromatic nitrogens is 2. The zero-order valence-electron chi connectivity index (χ0n) is 20.8. The maximum Gasteiger partial charge on any atom is 0.255 e. The van der Waals surface area contributed by atoms with Crippen LogP contribution in [-0.4, -0.2) is 38.8 Å². The zero-order chi connectivity index (χ0) is 25.5. The van der Waals surface area contributed by atoms with Crippen LogP contribution < -0.4 is 16.0 Å². The number of carbonyl (C=O) groups excluding carboxylic acids is 2. The van der Waals surface area contributed by atoms with Crippen molar-refractivity contribution < 1.29 is 14.0 Å². The number of benzene rings is 2. The van der Waals surface area contributed by atoms with Crippen LogP contribution in [0.4, 0.5) is 5.69 Å². The predicted octanol–water partition coefficient (Wildman–Crippen LogP) is 4.92. The second-order valence-electron chi connectivity index (χ2n) is 10.5. The van der Waals surface area contributed by atoms with E-state index >= 15 is 0 Å². The average molecular weight is 518 g/mol. The average Bonchev–Trinajstić information content (AvgIpc) is 3.31. The van der Waals surface area contributed by atoms with E-state index < -0.39 is 4.99 Å². The standard InChI is InChI=1S/C28H31N5O3S/c1-27(30-21-10-6-5-9-20(21)24(35)31-27)37-16-13-23(34)29-22-17-28(22)14-11-19(12-15-28)26-33-32-25(36-26)18-7-3-2-4-8-18/h2-10,19,22,30H,11-17H2,1H3,(H,29,34)(H,31,35)/t19?,22-,27?,28?/m0/s1. The van der Waals surface area contributed by atoms with Gasteiger partial charge in [0.25, 0.3) is 5.91 Å². The molecule has 0 saturated heterocycles. The number of fused-ring (bicyclic) bond motifs is 1. The number of rotatable bonds is 7. The SMILES string of the molecule is CC1(SCCC(=O)N[C@H]2CC23CCC(c2nnc(-c4ccccc4)o2)CC3)NC(=O)c2ccccc2N1. The Hall–Kier alpha value is -3.33. The number of hydrogen-bond acceptors (Lipinski definition) is 7. The molecular formula is C28H31N5O3S. The lowest BCUT2D eigenvalue weighted by molar-refractivity contribution is -0.121. The van der Waals surface area contributed by atoms with E-state index in [1.165, 1.54) is 0 Å². The number of nitrogens with one attached hydrogen (secondary N) is 3. The normalized spacial score (nSPS) is 28.2. The topological polar surface area (TPSA) is 109 Å². The number of nitrogens with zero attached hydrogens (tertiary/aromatic N) is 2. The lowest BCUT2D eigenvalue weighted by Crippen LogP contribution is -2.53. The third kappa shape index (κ3) is 4.97. The van der Waals surface area contributed by atoms with Crippen LogP contribution in [0.1, 0.15) is 67.6 Å². The molecule has 3 aromatic rings. The van der Waals surface area contributed by atoms with Crippen LogP contribution in [0.3, 0.4) is 0 Å². The summed E-state index contributed by atoms with van der Waals surface area (Å²) in [7, 11) is 0. The van der Waals surface area contributed by atoms with E-state index in [0.717, 1.165) is 49.2 Å². The molecular weight excluding hydrogens is 486 g/mol. The Morgan fingerprint density at radius 2 is 1.84 bits per heavy atom. The molecule has 2 aliphatic carbocycles. The molecule has 0 radical (unpaired) electrons. The van der Waals surface area contributed by atoms with Crippen molar-refractivity contribution in [2.24, 2.45) is 5.41 Å². The first-order valence-corrected chi connectivity index (χ1v) is 13.9. The first-order valence-electron chi connectivity index (χ1n) is 12.9. The largest absolute Gasteiger partial charge is 0.420 e. The molecule has 2 saturated carbocycles. The monoisotopic (exact) mass is 517 g/mol. The number of para-hydroxylation sites is 1. The van der Waals surface area contributed by atoms with E-state index in [1.54, 1.807) is 17.8 Å². The second-order valence-corrected chi connectivity index (χ2v) is 12.0. The van der Waals surface area contributed by atoms with Crippen molar-refractivity contribution in [3.05, 3.63) is 66.1 Å². The quantitative estimate of drug-likeness (QED) is 0.408. The Morgan fingerprint density at radius 1 is 1.08 bits per heavy atom. The maximum atomic E-state index is 12.7. The van der Waals surface area contributed by atoms with Gasteiger partial charge in [-0.1, -0.05) is 30.3 Å². The Labute approximate surface area is 220 Å². The van der Waals surface area contributed by atoms with Gasteiger partial charge in [0, 0.05) is 35.4 Å². The molecule has 8 nitrogen and oxygen atoms in total. The summed E-state index contributed by atoms with van der Waals surface area (Å²) in [6.07, 6.45) is 5.60. The molecule has 1 aliphatic heterocycles. The van der Waals surface area contributed by atoms with Gasteiger partial charge in [0.15, 0.2) is 4.99 Å². The van der Waals surface area contributed by atoms with Gasteiger partial charge >= 0.3 is 0 Å². The highest BCUT2D eigenvalue weighted by molar-refractivity contribution is 8.00. The first kappa shape index (κ1) is 24.0. The van der Waals surface area contributed by atoms with Crippen molar-refractivity contribution in [3.63, 3.8) is 0 Å². The van der Waals surface area contributed by atoms with Crippen molar-refractivity contribution in [2.75, 3.05) is 11.1 Å². The highest BCUT2D eigenvalue weighted by atomic mass is 32.2. The molecule has 2 atom stereocenters. The van der Waals surface area contributed by atoms with Gasteiger partial charge in [-0.3, -0.25) is 9.59 Å². The fourth-order valence-electron chi connectivity index (χ4n) is 5.69. The molecule has 2 aromatic carbocycles. The molecule has 2 heterocycles. The number of anilines is 1. The van der Waals surface area contributed by atoms with E-state index in [4.69, 9.17) is 4.42 Å². The van der Waals surface area contributed by atoms with Crippen LogP contribution in [-0.2, 0) is 4.79 Å². The minimum Gasteiger partial charge on any atom is -0.420 e. The van der Waals surface area contributed by atoms with Gasteiger partial charge in [-0.15, -0.1) is 22.0 Å². The zero-order valence-corrected chi connectivity index (χ0v) is 21.6. The minimum atomic E-state index is -0.639. The molecule has 1 aromatic heterocycles. The van der Waals surface area contributed by atoms with Gasteiger partial charge in [-0.2, -0.15) is 0 Å². The molecule has 0 bridgehead atoms. The Balaban J connectivity index is 0.952. The van der Waals surface area contributed by atoms with E-state index in [1.807, 2.05) is 55.5 Å². The highest BCUT2D eigenvalue weighted by Crippen LogP contribution is 2.58. The highest BCUT2D eigenvalue weighted by Gasteiger charge is 2.56. The summed E-state index contributed by atoms with van der Waals surface area (Å²) in [6, 6.07) is 17.6. The molecule has 1 unspecified atom stereocenters. The van der Waals surface area contributed by atoms with Crippen LogP contribution >= 0.6 is 11.8 Å². The summed E-state index contributed by atoms with van der Waals surface area (Å²) in [4.78, 5) is 24.5. The predicted molar refractivity (Wildman–Crippen MR) is 143 cm³/mol. The Morgan fingerprint density at radius 3 is 2.65 bits per heavy atom. The molecule has 3 N–H and O–H groups in total. The molecule has 192 valence electrons. The molecule has 3 aliphatic rings. The number of thioether (sulfide) groups is 1. The van der Waals surface area contributed by atoms with Gasteiger partial charge in [-0.25, -0.2) is 0 Å². The van der Waals surface area contributed by atoms with Crippen molar-refractivity contribution in [3.8, 4) is 11.5 Å². The summed E-state index contributed by atoms with van der Waals surface area (Å²) in [5.41, 5.74) is 2.62. The molecule has 1 spiro atoms. The second kappa shape index (κ2) is 9.52. The first-order chi connectivity index (χ1) is 17.9. The lowest BCUT2D eigenvalue weighted by Gasteiger charge is -2.36. The number of amides is 2. The summed E-state index contributed by atoms with van der Waals surface area (Å²) >= 11 is 1.54. The van der Waals surface area contributed by atoms with Gasteiger partial charge < -0.3 is 20.4 Å². The van der Waals surface area contributed by atoms with E-state index in [0.29, 0.717) is 23.6 Å². The number of hydrogen-bond donors (Lipinski definition) is 3. The van der Waals surface area contributed by atoms with E-state index in [9.17, 15) is 9.59 Å². The Bertz CT molecular complexity index is 1300. The van der Waals surface area contributed by atoms with Crippen LogP contribution in [0.15, 0.2) is 59.0 Å². The van der Waals surface area contributed by atoms with Gasteiger partial charge in [0.2, 0.25) is 17.7 Å². The Kier molecular flexibility index (Phi) is 6.18. The third-order valence-electron chi connectivity index (χ3n) is 7.93. The summed E-state index contributed by atoms with van der Waals surface area (Å²) in [5.74, 6) is 2.18. The van der Waals surface area contributed by atoms with Gasteiger partial charge in [0.1, 0.15) is 0 Å². The fraction of sp³-hybridized carbons (Fsp3) is 0.429. The third-order valence-corrected chi connectivity index (χ3v) is 9.12. The molecule has 37 heavy (non-hydrogen) atoms. The van der Waals surface area contributed by atoms with Crippen LogP contribution in [0.5, 0.6) is 0 Å².